The van der Waals surface area contributed by atoms with E-state index in [2.05, 4.69) is 31.2 Å². The molecule has 1 heteroatoms. The van der Waals surface area contributed by atoms with Gasteiger partial charge in [0, 0.05) is 0 Å². The fraction of sp³-hybridized carbons (Fsp3) is 0.667. The van der Waals surface area contributed by atoms with Crippen molar-refractivity contribution in [2.45, 2.75) is 64.7 Å². The monoisotopic (exact) mass is 228 g/mol. The van der Waals surface area contributed by atoms with Gasteiger partial charge in [0.25, 0.3) is 0 Å². The number of hydrogen-bond acceptors (Lipinski definition) is 0. The van der Waals surface area contributed by atoms with Crippen molar-refractivity contribution >= 4 is 0 Å². The van der Waals surface area contributed by atoms with Gasteiger partial charge in [-0.05, 0) is 0 Å². The molecule has 0 amide bonds. The maximum atomic E-state index is 2.28. The Balaban J connectivity index is 0.00000225. The van der Waals surface area contributed by atoms with Gasteiger partial charge in [-0.1, -0.05) is 64.7 Å². The summed E-state index contributed by atoms with van der Waals surface area (Å²) >= 11 is 0. The van der Waals surface area contributed by atoms with Crippen LogP contribution in [0.3, 0.4) is 0 Å². The first kappa shape index (κ1) is 16.4. The second-order valence-corrected chi connectivity index (χ2v) is 4.52. The van der Waals surface area contributed by atoms with E-state index in [1.54, 1.807) is 0 Å². The van der Waals surface area contributed by atoms with E-state index >= 15 is 0 Å². The van der Waals surface area contributed by atoms with Gasteiger partial charge >= 0.3 is 29.6 Å². The van der Waals surface area contributed by atoms with E-state index < -0.39 is 0 Å². The van der Waals surface area contributed by atoms with E-state index in [0.717, 1.165) is 0 Å². The van der Waals surface area contributed by atoms with Crippen molar-refractivity contribution in [3.8, 4) is 0 Å². The molecule has 1 aromatic carbocycles. The minimum atomic E-state index is 0. The molecule has 0 atom stereocenters. The number of unbranched alkanes of at least 4 members (excludes halogenated alkanes) is 7. The Kier molecular flexibility index (Phi) is 12.1. The molecule has 0 aliphatic rings. The first-order valence-electron chi connectivity index (χ1n) is 6.64. The molecule has 0 aromatic heterocycles. The molecule has 0 N–H and O–H groups in total. The van der Waals surface area contributed by atoms with Gasteiger partial charge in [0.2, 0.25) is 0 Å². The number of aryl methyl sites for hydroxylation is 1. The van der Waals surface area contributed by atoms with Crippen LogP contribution in [0.25, 0.3) is 0 Å². The molecule has 16 heavy (non-hydrogen) atoms. The Morgan fingerprint density at radius 1 is 0.750 bits per heavy atom. The molecule has 0 saturated carbocycles. The van der Waals surface area contributed by atoms with Gasteiger partial charge < -0.3 is 0 Å². The van der Waals surface area contributed by atoms with E-state index in [-0.39, 0.29) is 29.6 Å². The SMILES string of the molecule is CCCCCCCCCC[c-]1cccc1.[Na+]. The largest absolute Gasteiger partial charge is 1.00 e. The fourth-order valence-electron chi connectivity index (χ4n) is 2.04. The second-order valence-electron chi connectivity index (χ2n) is 4.52. The minimum Gasteiger partial charge on any atom is -0.213 e. The third-order valence-electron chi connectivity index (χ3n) is 3.05. The topological polar surface area (TPSA) is 0 Å². The van der Waals surface area contributed by atoms with Crippen LogP contribution in [-0.4, -0.2) is 0 Å². The van der Waals surface area contributed by atoms with Crippen LogP contribution in [0.2, 0.25) is 0 Å². The molecule has 0 aliphatic heterocycles. The average Bonchev–Trinajstić information content (AvgIpc) is 2.75. The summed E-state index contributed by atoms with van der Waals surface area (Å²) in [5.74, 6) is 0. The summed E-state index contributed by atoms with van der Waals surface area (Å²) in [6.45, 7) is 2.28. The van der Waals surface area contributed by atoms with E-state index in [1.165, 1.54) is 63.4 Å². The second kappa shape index (κ2) is 11.8. The molecule has 0 aliphatic carbocycles. The molecule has 0 heterocycles. The van der Waals surface area contributed by atoms with Gasteiger partial charge in [0.15, 0.2) is 0 Å². The van der Waals surface area contributed by atoms with E-state index in [4.69, 9.17) is 0 Å². The Labute approximate surface area is 123 Å². The van der Waals surface area contributed by atoms with E-state index in [1.807, 2.05) is 0 Å². The maximum Gasteiger partial charge on any atom is 1.00 e. The van der Waals surface area contributed by atoms with Gasteiger partial charge in [0.05, 0.1) is 0 Å². The Morgan fingerprint density at radius 3 is 1.81 bits per heavy atom. The van der Waals surface area contributed by atoms with Crippen molar-refractivity contribution in [1.29, 1.82) is 0 Å². The summed E-state index contributed by atoms with van der Waals surface area (Å²) in [4.78, 5) is 0. The van der Waals surface area contributed by atoms with E-state index in [9.17, 15) is 0 Å². The molecule has 0 spiro atoms. The van der Waals surface area contributed by atoms with Gasteiger partial charge in [-0.3, -0.25) is 0 Å². The van der Waals surface area contributed by atoms with Crippen LogP contribution in [0.15, 0.2) is 24.3 Å². The van der Waals surface area contributed by atoms with Crippen LogP contribution in [0.5, 0.6) is 0 Å². The van der Waals surface area contributed by atoms with Crippen molar-refractivity contribution < 1.29 is 29.6 Å². The van der Waals surface area contributed by atoms with E-state index in [0.29, 0.717) is 0 Å². The van der Waals surface area contributed by atoms with Gasteiger partial charge in [-0.15, -0.1) is 0 Å². The van der Waals surface area contributed by atoms with Crippen LogP contribution in [0.4, 0.5) is 0 Å². The molecule has 0 radical (unpaired) electrons. The molecule has 0 nitrogen and oxygen atoms in total. The van der Waals surface area contributed by atoms with Gasteiger partial charge in [-0.2, -0.15) is 17.7 Å². The predicted octanol–water partition coefficient (Wildman–Crippen LogP) is 2.09. The average molecular weight is 228 g/mol. The standard InChI is InChI=1S/C15H25.Na/c1-2-3-4-5-6-7-8-9-12-15-13-10-11-14-15;/h10-11,13-14H,2-9,12H2,1H3;/q-1;+1. The third-order valence-corrected chi connectivity index (χ3v) is 3.05. The summed E-state index contributed by atoms with van der Waals surface area (Å²) in [5, 5.41) is 0. The normalized spacial score (nSPS) is 10.1. The predicted molar refractivity (Wildman–Crippen MR) is 68.3 cm³/mol. The maximum absolute atomic E-state index is 2.28. The molecule has 1 aromatic rings. The zero-order chi connectivity index (χ0) is 10.8. The number of rotatable bonds is 9. The van der Waals surface area contributed by atoms with Crippen molar-refractivity contribution in [2.24, 2.45) is 0 Å². The first-order chi connectivity index (χ1) is 7.43. The number of hydrogen-bond donors (Lipinski definition) is 0. The molecular formula is C15H25Na. The molecule has 0 bridgehead atoms. The summed E-state index contributed by atoms with van der Waals surface area (Å²) in [6, 6.07) is 8.75. The van der Waals surface area contributed by atoms with Crippen molar-refractivity contribution in [3.63, 3.8) is 0 Å². The van der Waals surface area contributed by atoms with Crippen LogP contribution >= 0.6 is 0 Å². The molecule has 86 valence electrons. The summed E-state index contributed by atoms with van der Waals surface area (Å²) in [5.41, 5.74) is 1.51. The Morgan fingerprint density at radius 2 is 1.25 bits per heavy atom. The molecular weight excluding hydrogens is 203 g/mol. The Hall–Kier alpha value is 0.350. The zero-order valence-corrected chi connectivity index (χ0v) is 13.2. The minimum absolute atomic E-state index is 0. The quantitative estimate of drug-likeness (QED) is 0.345. The summed E-state index contributed by atoms with van der Waals surface area (Å²) in [7, 11) is 0. The van der Waals surface area contributed by atoms with Crippen molar-refractivity contribution in [1.82, 2.24) is 0 Å². The third kappa shape index (κ3) is 8.50. The van der Waals surface area contributed by atoms with Crippen molar-refractivity contribution in [2.75, 3.05) is 0 Å². The van der Waals surface area contributed by atoms with Gasteiger partial charge in [-0.25, -0.2) is 12.1 Å². The summed E-state index contributed by atoms with van der Waals surface area (Å²) in [6.07, 6.45) is 12.6. The fourth-order valence-corrected chi connectivity index (χ4v) is 2.04. The first-order valence-corrected chi connectivity index (χ1v) is 6.64. The summed E-state index contributed by atoms with van der Waals surface area (Å²) < 4.78 is 0. The van der Waals surface area contributed by atoms with Crippen LogP contribution in [0.1, 0.15) is 63.9 Å². The van der Waals surface area contributed by atoms with Crippen molar-refractivity contribution in [3.05, 3.63) is 29.8 Å². The van der Waals surface area contributed by atoms with Crippen LogP contribution in [0, 0.1) is 0 Å². The molecule has 0 saturated heterocycles. The smallest absolute Gasteiger partial charge is 0.213 e. The molecule has 0 unspecified atom stereocenters. The van der Waals surface area contributed by atoms with Crippen LogP contribution < -0.4 is 29.6 Å². The molecule has 0 fully saturated rings. The zero-order valence-electron chi connectivity index (χ0n) is 11.2. The molecule has 1 rings (SSSR count). The van der Waals surface area contributed by atoms with Crippen LogP contribution in [-0.2, 0) is 6.42 Å². The van der Waals surface area contributed by atoms with Gasteiger partial charge in [0.1, 0.15) is 0 Å². The Bertz CT molecular complexity index is 213.